The molecule has 1 fully saturated rings. The van der Waals surface area contributed by atoms with Crippen molar-refractivity contribution in [1.82, 2.24) is 4.90 Å². The van der Waals surface area contributed by atoms with Crippen LogP contribution in [0.5, 0.6) is 5.75 Å². The van der Waals surface area contributed by atoms with Gasteiger partial charge in [-0.25, -0.2) is 4.99 Å². The molecule has 0 radical (unpaired) electrons. The molecule has 0 spiro atoms. The van der Waals surface area contributed by atoms with E-state index in [1.165, 1.54) is 12.8 Å². The first-order valence-electron chi connectivity index (χ1n) is 9.62. The maximum atomic E-state index is 13.3. The highest BCUT2D eigenvalue weighted by molar-refractivity contribution is 9.10. The van der Waals surface area contributed by atoms with E-state index < -0.39 is 0 Å². The summed E-state index contributed by atoms with van der Waals surface area (Å²) in [5, 5.41) is 0. The molecular formula is C22H24BrN3O2. The maximum absolute atomic E-state index is 13.3. The monoisotopic (exact) mass is 441 g/mol. The molecule has 0 aromatic heterocycles. The van der Waals surface area contributed by atoms with E-state index >= 15 is 0 Å². The van der Waals surface area contributed by atoms with Crippen molar-refractivity contribution in [3.05, 3.63) is 52.5 Å². The summed E-state index contributed by atoms with van der Waals surface area (Å²) in [5.41, 5.74) is 3.04. The van der Waals surface area contributed by atoms with Crippen molar-refractivity contribution in [2.24, 2.45) is 10.9 Å². The molecule has 1 unspecified atom stereocenters. The third-order valence-electron chi connectivity index (χ3n) is 5.35. The van der Waals surface area contributed by atoms with Gasteiger partial charge in [-0.05, 0) is 67.8 Å². The number of nitrogens with zero attached hydrogens (tertiary/aromatic N) is 3. The number of piperidine rings is 1. The Labute approximate surface area is 174 Å². The minimum absolute atomic E-state index is 0.0397. The summed E-state index contributed by atoms with van der Waals surface area (Å²) < 4.78 is 6.15. The molecule has 2 heterocycles. The molecule has 1 atom stereocenters. The molecule has 1 saturated heterocycles. The quantitative estimate of drug-likeness (QED) is 0.695. The predicted molar refractivity (Wildman–Crippen MR) is 116 cm³/mol. The molecule has 28 heavy (non-hydrogen) atoms. The molecule has 2 aromatic rings. The molecule has 0 saturated carbocycles. The number of carbonyl (C=O) groups excluding carboxylic acids is 1. The number of aliphatic imine (C=N–C) groups is 1. The SMILES string of the molecule is COc1ccc(N=C2C(=O)N(CN3CCCC(C)C3)c3ccc(Br)cc32)cc1. The van der Waals surface area contributed by atoms with Gasteiger partial charge in [0.25, 0.3) is 5.91 Å². The maximum Gasteiger partial charge on any atom is 0.278 e. The van der Waals surface area contributed by atoms with Gasteiger partial charge in [-0.3, -0.25) is 14.6 Å². The Morgan fingerprint density at radius 3 is 2.71 bits per heavy atom. The van der Waals surface area contributed by atoms with Gasteiger partial charge in [-0.1, -0.05) is 22.9 Å². The normalized spacial score (nSPS) is 21.2. The van der Waals surface area contributed by atoms with Gasteiger partial charge in [-0.2, -0.15) is 0 Å². The first-order valence-corrected chi connectivity index (χ1v) is 10.4. The Balaban J connectivity index is 1.67. The Morgan fingerprint density at radius 2 is 2.00 bits per heavy atom. The van der Waals surface area contributed by atoms with Crippen LogP contribution < -0.4 is 9.64 Å². The number of benzene rings is 2. The molecule has 2 aliphatic heterocycles. The minimum Gasteiger partial charge on any atom is -0.497 e. The van der Waals surface area contributed by atoms with E-state index in [-0.39, 0.29) is 5.91 Å². The number of amides is 1. The largest absolute Gasteiger partial charge is 0.497 e. The van der Waals surface area contributed by atoms with Crippen molar-refractivity contribution in [2.45, 2.75) is 19.8 Å². The fourth-order valence-corrected chi connectivity index (χ4v) is 4.30. The molecule has 5 nitrogen and oxygen atoms in total. The number of hydrogen-bond acceptors (Lipinski definition) is 4. The van der Waals surface area contributed by atoms with Gasteiger partial charge in [-0.15, -0.1) is 0 Å². The molecule has 0 bridgehead atoms. The summed E-state index contributed by atoms with van der Waals surface area (Å²) in [6, 6.07) is 13.4. The van der Waals surface area contributed by atoms with Crippen molar-refractivity contribution >= 4 is 38.9 Å². The molecule has 1 amide bonds. The fourth-order valence-electron chi connectivity index (χ4n) is 3.94. The number of methoxy groups -OCH3 is 1. The summed E-state index contributed by atoms with van der Waals surface area (Å²) in [5.74, 6) is 1.40. The van der Waals surface area contributed by atoms with E-state index in [0.29, 0.717) is 18.3 Å². The van der Waals surface area contributed by atoms with Crippen LogP contribution in [-0.4, -0.2) is 43.4 Å². The van der Waals surface area contributed by atoms with Gasteiger partial charge >= 0.3 is 0 Å². The molecule has 146 valence electrons. The lowest BCUT2D eigenvalue weighted by molar-refractivity contribution is -0.112. The first kappa shape index (κ1) is 19.2. The second-order valence-electron chi connectivity index (χ2n) is 7.52. The van der Waals surface area contributed by atoms with E-state index in [0.717, 1.165) is 40.2 Å². The number of likely N-dealkylation sites (tertiary alicyclic amines) is 1. The number of rotatable bonds is 4. The van der Waals surface area contributed by atoms with E-state index in [2.05, 4.69) is 32.7 Å². The number of fused-ring (bicyclic) bond motifs is 1. The molecule has 2 aliphatic rings. The van der Waals surface area contributed by atoms with Crippen LogP contribution in [0.2, 0.25) is 0 Å². The zero-order valence-corrected chi connectivity index (χ0v) is 17.8. The van der Waals surface area contributed by atoms with Gasteiger partial charge in [0.05, 0.1) is 25.2 Å². The van der Waals surface area contributed by atoms with Gasteiger partial charge in [0.1, 0.15) is 11.5 Å². The number of anilines is 1. The van der Waals surface area contributed by atoms with E-state index in [1.54, 1.807) is 7.11 Å². The number of hydrogen-bond donors (Lipinski definition) is 0. The van der Waals surface area contributed by atoms with Crippen molar-refractivity contribution in [3.8, 4) is 5.75 Å². The van der Waals surface area contributed by atoms with Crippen molar-refractivity contribution in [2.75, 3.05) is 31.8 Å². The average Bonchev–Trinajstić information content (AvgIpc) is 2.94. The summed E-state index contributed by atoms with van der Waals surface area (Å²) in [4.78, 5) is 22.2. The summed E-state index contributed by atoms with van der Waals surface area (Å²) in [6.45, 7) is 4.95. The van der Waals surface area contributed by atoms with Crippen LogP contribution in [0.25, 0.3) is 0 Å². The van der Waals surface area contributed by atoms with Gasteiger partial charge in [0.2, 0.25) is 0 Å². The Morgan fingerprint density at radius 1 is 1.21 bits per heavy atom. The first-order chi connectivity index (χ1) is 13.5. The van der Waals surface area contributed by atoms with Crippen LogP contribution in [0.4, 0.5) is 11.4 Å². The highest BCUT2D eigenvalue weighted by Gasteiger charge is 2.35. The summed E-state index contributed by atoms with van der Waals surface area (Å²) in [7, 11) is 1.63. The number of halogens is 1. The Bertz CT molecular complexity index is 910. The van der Waals surface area contributed by atoms with Crippen LogP contribution in [0.3, 0.4) is 0 Å². The third kappa shape index (κ3) is 3.84. The summed E-state index contributed by atoms with van der Waals surface area (Å²) in [6.07, 6.45) is 2.45. The van der Waals surface area contributed by atoms with Gasteiger partial charge in [0, 0.05) is 16.6 Å². The van der Waals surface area contributed by atoms with E-state index in [1.807, 2.05) is 47.4 Å². The van der Waals surface area contributed by atoms with Crippen LogP contribution in [0.1, 0.15) is 25.3 Å². The lowest BCUT2D eigenvalue weighted by atomic mass is 10.0. The van der Waals surface area contributed by atoms with E-state index in [4.69, 9.17) is 4.74 Å². The van der Waals surface area contributed by atoms with Crippen LogP contribution in [-0.2, 0) is 4.79 Å². The average molecular weight is 442 g/mol. The lowest BCUT2D eigenvalue weighted by Gasteiger charge is -2.33. The molecule has 6 heteroatoms. The van der Waals surface area contributed by atoms with Crippen molar-refractivity contribution < 1.29 is 9.53 Å². The van der Waals surface area contributed by atoms with Gasteiger partial charge in [0.15, 0.2) is 0 Å². The van der Waals surface area contributed by atoms with Crippen LogP contribution in [0.15, 0.2) is 51.9 Å². The molecule has 0 N–H and O–H groups in total. The minimum atomic E-state index is -0.0397. The number of ether oxygens (including phenoxy) is 1. The Kier molecular flexibility index (Phi) is 5.51. The zero-order chi connectivity index (χ0) is 19.7. The molecule has 2 aromatic carbocycles. The Hall–Kier alpha value is -2.18. The highest BCUT2D eigenvalue weighted by Crippen LogP contribution is 2.34. The van der Waals surface area contributed by atoms with Crippen LogP contribution >= 0.6 is 15.9 Å². The summed E-state index contributed by atoms with van der Waals surface area (Å²) >= 11 is 3.53. The lowest BCUT2D eigenvalue weighted by Crippen LogP contribution is -2.45. The third-order valence-corrected chi connectivity index (χ3v) is 5.84. The smallest absolute Gasteiger partial charge is 0.278 e. The second kappa shape index (κ2) is 8.05. The molecule has 4 rings (SSSR count). The number of carbonyl (C=O) groups is 1. The predicted octanol–water partition coefficient (Wildman–Crippen LogP) is 4.61. The van der Waals surface area contributed by atoms with Crippen LogP contribution in [0, 0.1) is 5.92 Å². The standard InChI is InChI=1S/C22H24BrN3O2/c1-15-4-3-11-25(13-15)14-26-20-10-5-16(23)12-19(20)21(22(26)27)24-17-6-8-18(28-2)9-7-17/h5-10,12,15H,3-4,11,13-14H2,1-2H3. The van der Waals surface area contributed by atoms with Crippen molar-refractivity contribution in [1.29, 1.82) is 0 Å². The molecular weight excluding hydrogens is 418 g/mol. The molecule has 0 aliphatic carbocycles. The topological polar surface area (TPSA) is 45.1 Å². The van der Waals surface area contributed by atoms with E-state index in [9.17, 15) is 4.79 Å². The van der Waals surface area contributed by atoms with Crippen molar-refractivity contribution in [3.63, 3.8) is 0 Å². The zero-order valence-electron chi connectivity index (χ0n) is 16.2. The fraction of sp³-hybridized carbons (Fsp3) is 0.364. The second-order valence-corrected chi connectivity index (χ2v) is 8.43. The highest BCUT2D eigenvalue weighted by atomic mass is 79.9. The van der Waals surface area contributed by atoms with Gasteiger partial charge < -0.3 is 4.74 Å².